The number of nitrogens with zero attached hydrogens (tertiary/aromatic N) is 4. The summed E-state index contributed by atoms with van der Waals surface area (Å²) in [5.41, 5.74) is 11.2. The molecule has 0 bridgehead atoms. The molecule has 8 aromatic carbocycles. The van der Waals surface area contributed by atoms with Gasteiger partial charge in [-0.3, -0.25) is 0 Å². The smallest absolute Gasteiger partial charge is 0.202 e. The number of hydrogen-bond donors (Lipinski definition) is 0. The minimum atomic E-state index is 0.527. The first-order chi connectivity index (χ1) is 27.7. The van der Waals surface area contributed by atoms with Crippen molar-refractivity contribution >= 4 is 74.9 Å². The van der Waals surface area contributed by atoms with Crippen molar-refractivity contribution in [2.45, 2.75) is 0 Å². The van der Waals surface area contributed by atoms with Gasteiger partial charge in [-0.2, -0.15) is 5.26 Å². The Balaban J connectivity index is 1.03. The highest BCUT2D eigenvalue weighted by Gasteiger charge is 2.14. The molecule has 0 N–H and O–H groups in total. The zero-order chi connectivity index (χ0) is 38.1. The van der Waals surface area contributed by atoms with Crippen LogP contribution in [0.1, 0.15) is 27.8 Å². The van der Waals surface area contributed by atoms with E-state index in [4.69, 9.17) is 6.57 Å². The molecule has 56 heavy (non-hydrogen) atoms. The average Bonchev–Trinajstić information content (AvgIpc) is 3.27. The lowest BCUT2D eigenvalue weighted by Gasteiger charge is -2.25. The number of nitriles is 1. The van der Waals surface area contributed by atoms with Gasteiger partial charge in [0.15, 0.2) is 0 Å². The molecule has 0 spiro atoms. The summed E-state index contributed by atoms with van der Waals surface area (Å²) in [6.07, 6.45) is 8.05. The molecule has 8 aromatic rings. The molecule has 0 saturated carbocycles. The molecule has 0 amide bonds. The molecular formula is C52H36N4. The lowest BCUT2D eigenvalue weighted by atomic mass is 9.96. The van der Waals surface area contributed by atoms with Crippen molar-refractivity contribution in [3.8, 4) is 6.07 Å². The lowest BCUT2D eigenvalue weighted by molar-refractivity contribution is 1.28. The molecule has 0 fully saturated rings. The Morgan fingerprint density at radius 3 is 1.20 bits per heavy atom. The second kappa shape index (κ2) is 16.4. The van der Waals surface area contributed by atoms with Crippen LogP contribution in [0, 0.1) is 17.9 Å². The van der Waals surface area contributed by atoms with Gasteiger partial charge in [-0.25, -0.2) is 4.85 Å². The quantitative estimate of drug-likeness (QED) is 0.104. The fourth-order valence-corrected chi connectivity index (χ4v) is 6.95. The van der Waals surface area contributed by atoms with Gasteiger partial charge in [0.1, 0.15) is 0 Å². The Labute approximate surface area is 328 Å². The highest BCUT2D eigenvalue weighted by atomic mass is 15.1. The second-order valence-corrected chi connectivity index (χ2v) is 13.3. The van der Waals surface area contributed by atoms with E-state index >= 15 is 0 Å². The van der Waals surface area contributed by atoms with Gasteiger partial charge in [-0.15, -0.1) is 0 Å². The van der Waals surface area contributed by atoms with E-state index in [2.05, 4.69) is 148 Å². The maximum absolute atomic E-state index is 10.2. The number of para-hydroxylation sites is 4. The van der Waals surface area contributed by atoms with Crippen LogP contribution >= 0.6 is 0 Å². The van der Waals surface area contributed by atoms with E-state index in [9.17, 15) is 5.26 Å². The van der Waals surface area contributed by atoms with Crippen LogP contribution in [0.15, 0.2) is 194 Å². The van der Waals surface area contributed by atoms with Gasteiger partial charge >= 0.3 is 0 Å². The van der Waals surface area contributed by atoms with E-state index in [-0.39, 0.29) is 0 Å². The summed E-state index contributed by atoms with van der Waals surface area (Å²) in [5, 5.41) is 11.8. The largest absolute Gasteiger partial charge is 0.311 e. The van der Waals surface area contributed by atoms with Crippen molar-refractivity contribution in [1.82, 2.24) is 0 Å². The van der Waals surface area contributed by atoms with Gasteiger partial charge in [0.05, 0.1) is 18.2 Å². The van der Waals surface area contributed by atoms with E-state index in [0.717, 1.165) is 61.6 Å². The first-order valence-corrected chi connectivity index (χ1v) is 18.4. The number of benzene rings is 8. The van der Waals surface area contributed by atoms with Gasteiger partial charge in [-0.05, 0) is 118 Å². The van der Waals surface area contributed by atoms with Crippen molar-refractivity contribution < 1.29 is 0 Å². The molecular weight excluding hydrogens is 681 g/mol. The Bertz CT molecular complexity index is 2650. The molecule has 264 valence electrons. The van der Waals surface area contributed by atoms with Crippen molar-refractivity contribution in [2.75, 3.05) is 9.80 Å². The van der Waals surface area contributed by atoms with Gasteiger partial charge < -0.3 is 9.80 Å². The zero-order valence-corrected chi connectivity index (χ0v) is 30.6. The molecule has 0 radical (unpaired) electrons. The van der Waals surface area contributed by atoms with Crippen molar-refractivity contribution in [1.29, 1.82) is 5.26 Å². The fraction of sp³-hybridized carbons (Fsp3) is 0. The predicted octanol–water partition coefficient (Wildman–Crippen LogP) is 14.5. The van der Waals surface area contributed by atoms with Crippen molar-refractivity contribution in [3.05, 3.63) is 233 Å². The van der Waals surface area contributed by atoms with Crippen LogP contribution in [0.2, 0.25) is 0 Å². The molecule has 4 nitrogen and oxygen atoms in total. The summed E-state index contributed by atoms with van der Waals surface area (Å²) in [6.45, 7) is 8.11. The topological polar surface area (TPSA) is 34.6 Å². The van der Waals surface area contributed by atoms with Crippen LogP contribution in [0.25, 0.3) is 39.9 Å². The zero-order valence-electron chi connectivity index (χ0n) is 30.6. The van der Waals surface area contributed by atoms with Crippen LogP contribution in [0.4, 0.5) is 39.8 Å². The number of rotatable bonds is 10. The second-order valence-electron chi connectivity index (χ2n) is 13.3. The fourth-order valence-electron chi connectivity index (χ4n) is 6.95. The summed E-state index contributed by atoms with van der Waals surface area (Å²) in [7, 11) is 0. The number of anilines is 6. The molecule has 0 saturated heterocycles. The molecule has 0 aromatic heterocycles. The van der Waals surface area contributed by atoms with Gasteiger partial charge in [0.25, 0.3) is 0 Å². The molecule has 0 heterocycles. The molecule has 0 atom stereocenters. The van der Waals surface area contributed by atoms with Crippen molar-refractivity contribution in [2.24, 2.45) is 0 Å². The van der Waals surface area contributed by atoms with E-state index in [1.165, 1.54) is 0 Å². The van der Waals surface area contributed by atoms with Crippen LogP contribution in [-0.2, 0) is 0 Å². The lowest BCUT2D eigenvalue weighted by Crippen LogP contribution is -2.09. The van der Waals surface area contributed by atoms with Gasteiger partial charge in [0, 0.05) is 34.1 Å². The monoisotopic (exact) mass is 716 g/mol. The molecule has 4 heteroatoms. The van der Waals surface area contributed by atoms with Crippen LogP contribution in [-0.4, -0.2) is 0 Å². The molecule has 0 aliphatic heterocycles. The van der Waals surface area contributed by atoms with E-state index in [0.29, 0.717) is 16.8 Å². The number of fused-ring (bicyclic) bond motifs is 1. The number of hydrogen-bond acceptors (Lipinski definition) is 3. The normalized spacial score (nSPS) is 11.0. The van der Waals surface area contributed by atoms with Crippen LogP contribution < -0.4 is 9.80 Å². The predicted molar refractivity (Wildman–Crippen MR) is 235 cm³/mol. The minimum Gasteiger partial charge on any atom is -0.311 e. The molecule has 0 unspecified atom stereocenters. The van der Waals surface area contributed by atoms with E-state index < -0.39 is 0 Å². The SMILES string of the molecule is [C-]#[N+]c1c(/C=C/c2ccc(N(c3ccccc3)c3ccccc3)cc2)cc(C#N)c2cc(/C=C/c3ccc(N(c4ccccc4)c4ccccc4)cc3)ccc12. The third-order valence-electron chi connectivity index (χ3n) is 9.68. The highest BCUT2D eigenvalue weighted by Crippen LogP contribution is 2.38. The summed E-state index contributed by atoms with van der Waals surface area (Å²) in [4.78, 5) is 8.40. The third-order valence-corrected chi connectivity index (χ3v) is 9.68. The molecule has 0 aliphatic carbocycles. The minimum absolute atomic E-state index is 0.527. The Kier molecular flexibility index (Phi) is 10.3. The first-order valence-electron chi connectivity index (χ1n) is 18.4. The first kappa shape index (κ1) is 35.1. The highest BCUT2D eigenvalue weighted by molar-refractivity contribution is 6.03. The summed E-state index contributed by atoms with van der Waals surface area (Å²) in [6, 6.07) is 68.3. The Morgan fingerprint density at radius 1 is 0.411 bits per heavy atom. The summed E-state index contributed by atoms with van der Waals surface area (Å²) >= 11 is 0. The summed E-state index contributed by atoms with van der Waals surface area (Å²) in [5.74, 6) is 0. The summed E-state index contributed by atoms with van der Waals surface area (Å²) < 4.78 is 0. The van der Waals surface area contributed by atoms with E-state index in [1.807, 2.05) is 91.0 Å². The van der Waals surface area contributed by atoms with Crippen LogP contribution in [0.5, 0.6) is 0 Å². The van der Waals surface area contributed by atoms with Gasteiger partial charge in [0.2, 0.25) is 5.69 Å². The van der Waals surface area contributed by atoms with E-state index in [1.54, 1.807) is 0 Å². The maximum atomic E-state index is 10.2. The third kappa shape index (κ3) is 7.59. The average molecular weight is 717 g/mol. The Morgan fingerprint density at radius 2 is 0.786 bits per heavy atom. The Hall–Kier alpha value is -7.92. The standard InChI is InChI=1S/C52H36N4/c1-54-52-42(30-24-40-27-33-49(34-28-40)56(46-18-10-4-11-19-46)47-20-12-5-13-21-47)37-43(38-53)51-36-41(29-35-50(51)52)23-22-39-25-31-48(32-26-39)55(44-14-6-2-7-15-44)45-16-8-3-9-17-45/h2-37H/b23-22+,30-24+. The van der Waals surface area contributed by atoms with Gasteiger partial charge in [-0.1, -0.05) is 133 Å². The van der Waals surface area contributed by atoms with Crippen LogP contribution in [0.3, 0.4) is 0 Å². The molecule has 0 aliphatic rings. The molecule has 8 rings (SSSR count). The maximum Gasteiger partial charge on any atom is 0.202 e. The van der Waals surface area contributed by atoms with Crippen molar-refractivity contribution in [3.63, 3.8) is 0 Å².